The number of aliphatic hydroxyl groups is 1. The van der Waals surface area contributed by atoms with Crippen molar-refractivity contribution in [2.24, 2.45) is 0 Å². The Kier molecular flexibility index (Phi) is 3.10. The normalized spacial score (nSPS) is 19.4. The van der Waals surface area contributed by atoms with Gasteiger partial charge in [0.05, 0.1) is 43.5 Å². The molecule has 0 saturated carbocycles. The standard InChI is InChI=1S/C13H18N4O3/c1-8-15-10-5-17(4-9(10)12(16-8)20-2)11(18)3-13(19)6-14-7-13/h14,19H,3-7H2,1-2H3. The minimum atomic E-state index is -0.891. The number of carbonyl (C=O) groups excluding carboxylic acids is 1. The Bertz CT molecular complexity index is 557. The molecule has 0 atom stereocenters. The topological polar surface area (TPSA) is 87.6 Å². The molecule has 7 nitrogen and oxygen atoms in total. The average molecular weight is 278 g/mol. The van der Waals surface area contributed by atoms with Crippen molar-refractivity contribution < 1.29 is 14.6 Å². The van der Waals surface area contributed by atoms with Gasteiger partial charge < -0.3 is 20.1 Å². The Morgan fingerprint density at radius 2 is 2.20 bits per heavy atom. The van der Waals surface area contributed by atoms with Crippen LogP contribution in [0.15, 0.2) is 0 Å². The van der Waals surface area contributed by atoms with Crippen molar-refractivity contribution in [1.29, 1.82) is 0 Å². The van der Waals surface area contributed by atoms with Crippen molar-refractivity contribution in [3.05, 3.63) is 17.1 Å². The predicted octanol–water partition coefficient (Wildman–Crippen LogP) is -0.640. The van der Waals surface area contributed by atoms with Crippen molar-refractivity contribution in [3.63, 3.8) is 0 Å². The fraction of sp³-hybridized carbons (Fsp3) is 0.615. The SMILES string of the molecule is COc1nc(C)nc2c1CN(C(=O)CC1(O)CNC1)C2. The Morgan fingerprint density at radius 3 is 2.80 bits per heavy atom. The third kappa shape index (κ3) is 2.23. The van der Waals surface area contributed by atoms with Gasteiger partial charge in [0.1, 0.15) is 5.82 Å². The zero-order valence-electron chi connectivity index (χ0n) is 11.6. The predicted molar refractivity (Wildman–Crippen MR) is 70.0 cm³/mol. The maximum atomic E-state index is 12.3. The van der Waals surface area contributed by atoms with Crippen molar-refractivity contribution in [3.8, 4) is 5.88 Å². The van der Waals surface area contributed by atoms with Gasteiger partial charge in [-0.1, -0.05) is 0 Å². The maximum absolute atomic E-state index is 12.3. The van der Waals surface area contributed by atoms with E-state index in [-0.39, 0.29) is 12.3 Å². The van der Waals surface area contributed by atoms with Gasteiger partial charge in [0.25, 0.3) is 0 Å². The van der Waals surface area contributed by atoms with Crippen LogP contribution in [0.3, 0.4) is 0 Å². The second-order valence-corrected chi connectivity index (χ2v) is 5.46. The van der Waals surface area contributed by atoms with Gasteiger partial charge in [-0.3, -0.25) is 4.79 Å². The summed E-state index contributed by atoms with van der Waals surface area (Å²) in [5, 5.41) is 13.0. The average Bonchev–Trinajstić information content (AvgIpc) is 2.79. The molecule has 0 aromatic carbocycles. The van der Waals surface area contributed by atoms with Crippen LogP contribution in [0.5, 0.6) is 5.88 Å². The Labute approximate surface area is 117 Å². The van der Waals surface area contributed by atoms with E-state index in [4.69, 9.17) is 4.74 Å². The number of fused-ring (bicyclic) bond motifs is 1. The fourth-order valence-electron chi connectivity index (χ4n) is 2.62. The van der Waals surface area contributed by atoms with Crippen molar-refractivity contribution in [2.45, 2.75) is 32.0 Å². The highest BCUT2D eigenvalue weighted by Gasteiger charge is 2.39. The highest BCUT2D eigenvalue weighted by Crippen LogP contribution is 2.29. The van der Waals surface area contributed by atoms with Gasteiger partial charge in [0, 0.05) is 13.1 Å². The Hall–Kier alpha value is -1.73. The molecule has 1 aromatic heterocycles. The van der Waals surface area contributed by atoms with E-state index in [0.29, 0.717) is 37.9 Å². The van der Waals surface area contributed by atoms with Gasteiger partial charge >= 0.3 is 0 Å². The second-order valence-electron chi connectivity index (χ2n) is 5.46. The third-order valence-electron chi connectivity index (χ3n) is 3.79. The molecular formula is C13H18N4O3. The van der Waals surface area contributed by atoms with E-state index < -0.39 is 5.60 Å². The molecular weight excluding hydrogens is 260 g/mol. The lowest BCUT2D eigenvalue weighted by Crippen LogP contribution is -2.61. The zero-order chi connectivity index (χ0) is 14.3. The van der Waals surface area contributed by atoms with Gasteiger partial charge in [-0.05, 0) is 6.92 Å². The molecule has 0 unspecified atom stereocenters. The van der Waals surface area contributed by atoms with E-state index in [1.807, 2.05) is 0 Å². The molecule has 3 rings (SSSR count). The van der Waals surface area contributed by atoms with Gasteiger partial charge in [0.2, 0.25) is 11.8 Å². The largest absolute Gasteiger partial charge is 0.481 e. The Balaban J connectivity index is 1.75. The molecule has 0 radical (unpaired) electrons. The molecule has 2 aliphatic rings. The van der Waals surface area contributed by atoms with Gasteiger partial charge in [-0.25, -0.2) is 4.98 Å². The number of hydrogen-bond acceptors (Lipinski definition) is 6. The van der Waals surface area contributed by atoms with Crippen LogP contribution < -0.4 is 10.1 Å². The number of nitrogens with zero attached hydrogens (tertiary/aromatic N) is 3. The van der Waals surface area contributed by atoms with Crippen LogP contribution >= 0.6 is 0 Å². The maximum Gasteiger partial charge on any atom is 0.226 e. The van der Waals surface area contributed by atoms with Crippen LogP contribution in [0, 0.1) is 6.92 Å². The molecule has 0 bridgehead atoms. The first-order chi connectivity index (χ1) is 9.50. The van der Waals surface area contributed by atoms with Crippen LogP contribution in [0.4, 0.5) is 0 Å². The molecule has 2 aliphatic heterocycles. The molecule has 1 saturated heterocycles. The minimum Gasteiger partial charge on any atom is -0.481 e. The van der Waals surface area contributed by atoms with E-state index >= 15 is 0 Å². The molecule has 108 valence electrons. The lowest BCUT2D eigenvalue weighted by Gasteiger charge is -2.37. The quantitative estimate of drug-likeness (QED) is 0.765. The van der Waals surface area contributed by atoms with E-state index in [2.05, 4.69) is 15.3 Å². The van der Waals surface area contributed by atoms with Crippen molar-refractivity contribution in [1.82, 2.24) is 20.2 Å². The Morgan fingerprint density at radius 1 is 1.45 bits per heavy atom. The molecule has 0 spiro atoms. The van der Waals surface area contributed by atoms with Crippen LogP contribution in [-0.2, 0) is 17.9 Å². The number of aromatic nitrogens is 2. The number of carbonyl (C=O) groups is 1. The van der Waals surface area contributed by atoms with Crippen LogP contribution in [0.1, 0.15) is 23.5 Å². The summed E-state index contributed by atoms with van der Waals surface area (Å²) in [7, 11) is 1.56. The summed E-state index contributed by atoms with van der Waals surface area (Å²) in [6.07, 6.45) is 0.142. The highest BCUT2D eigenvalue weighted by molar-refractivity contribution is 5.78. The third-order valence-corrected chi connectivity index (χ3v) is 3.79. The summed E-state index contributed by atoms with van der Waals surface area (Å²) < 4.78 is 5.25. The van der Waals surface area contributed by atoms with Crippen molar-refractivity contribution >= 4 is 5.91 Å². The van der Waals surface area contributed by atoms with E-state index in [1.165, 1.54) is 0 Å². The van der Waals surface area contributed by atoms with E-state index in [0.717, 1.165) is 11.3 Å². The van der Waals surface area contributed by atoms with Gasteiger partial charge in [-0.2, -0.15) is 4.98 Å². The molecule has 1 fully saturated rings. The number of hydrogen-bond donors (Lipinski definition) is 2. The molecule has 0 aliphatic carbocycles. The molecule has 20 heavy (non-hydrogen) atoms. The minimum absolute atomic E-state index is 0.0632. The zero-order valence-corrected chi connectivity index (χ0v) is 11.6. The van der Waals surface area contributed by atoms with Gasteiger partial charge in [-0.15, -0.1) is 0 Å². The fourth-order valence-corrected chi connectivity index (χ4v) is 2.62. The number of methoxy groups -OCH3 is 1. The lowest BCUT2D eigenvalue weighted by atomic mass is 9.92. The lowest BCUT2D eigenvalue weighted by molar-refractivity contribution is -0.139. The van der Waals surface area contributed by atoms with E-state index in [1.54, 1.807) is 18.9 Å². The summed E-state index contributed by atoms with van der Waals surface area (Å²) in [4.78, 5) is 22.5. The molecule has 7 heteroatoms. The summed E-state index contributed by atoms with van der Waals surface area (Å²) in [5.41, 5.74) is 0.809. The number of β-amino-alcohol motifs (C(OH)–C–C–N with tert-alkyl or cyclic N) is 1. The molecule has 1 aromatic rings. The number of amides is 1. The molecule has 2 N–H and O–H groups in total. The molecule has 3 heterocycles. The first-order valence-electron chi connectivity index (χ1n) is 6.62. The molecule has 1 amide bonds. The number of ether oxygens (including phenoxy) is 1. The number of rotatable bonds is 3. The number of nitrogens with one attached hydrogen (secondary N) is 1. The van der Waals surface area contributed by atoms with Crippen molar-refractivity contribution in [2.75, 3.05) is 20.2 Å². The number of aryl methyl sites for hydroxylation is 1. The van der Waals surface area contributed by atoms with Gasteiger partial charge in [0.15, 0.2) is 0 Å². The first-order valence-corrected chi connectivity index (χ1v) is 6.62. The first kappa shape index (κ1) is 13.3. The summed E-state index contributed by atoms with van der Waals surface area (Å²) in [6.45, 7) is 3.65. The monoisotopic (exact) mass is 278 g/mol. The highest BCUT2D eigenvalue weighted by atomic mass is 16.5. The second kappa shape index (κ2) is 4.68. The van der Waals surface area contributed by atoms with Crippen LogP contribution in [-0.4, -0.2) is 51.7 Å². The van der Waals surface area contributed by atoms with Crippen LogP contribution in [0.2, 0.25) is 0 Å². The summed E-state index contributed by atoms with van der Waals surface area (Å²) in [5.74, 6) is 1.11. The summed E-state index contributed by atoms with van der Waals surface area (Å²) in [6, 6.07) is 0. The van der Waals surface area contributed by atoms with E-state index in [9.17, 15) is 9.90 Å². The van der Waals surface area contributed by atoms with Crippen LogP contribution in [0.25, 0.3) is 0 Å². The summed E-state index contributed by atoms with van der Waals surface area (Å²) >= 11 is 0. The smallest absolute Gasteiger partial charge is 0.226 e.